The summed E-state index contributed by atoms with van der Waals surface area (Å²) in [6.07, 6.45) is 1.89. The lowest BCUT2D eigenvalue weighted by Gasteiger charge is -2.20. The summed E-state index contributed by atoms with van der Waals surface area (Å²) in [6, 6.07) is 11.3. The second kappa shape index (κ2) is 6.59. The van der Waals surface area contributed by atoms with E-state index in [0.29, 0.717) is 12.1 Å². The van der Waals surface area contributed by atoms with Gasteiger partial charge in [0, 0.05) is 18.7 Å². The quantitative estimate of drug-likeness (QED) is 0.751. The van der Waals surface area contributed by atoms with E-state index in [1.54, 1.807) is 0 Å². The molecule has 1 rings (SSSR count). The van der Waals surface area contributed by atoms with Gasteiger partial charge in [0.1, 0.15) is 0 Å². The van der Waals surface area contributed by atoms with Crippen LogP contribution in [-0.2, 0) is 0 Å². The molecule has 2 N–H and O–H groups in total. The fourth-order valence-electron chi connectivity index (χ4n) is 1.75. The second-order valence-corrected chi connectivity index (χ2v) is 4.07. The smallest absolute Gasteiger partial charge is 0.0431 e. The number of hydrogen-bond donors (Lipinski definition) is 2. The molecule has 1 aromatic rings. The summed E-state index contributed by atoms with van der Waals surface area (Å²) in [6.45, 7) is 4.62. The molecule has 0 radical (unpaired) electrons. The van der Waals surface area contributed by atoms with Crippen molar-refractivity contribution in [2.24, 2.45) is 0 Å². The Morgan fingerprint density at radius 3 is 2.47 bits per heavy atom. The molecule has 0 unspecified atom stereocenters. The molecule has 1 aromatic carbocycles. The Labute approximate surface area is 92.3 Å². The maximum absolute atomic E-state index is 8.74. The summed E-state index contributed by atoms with van der Waals surface area (Å²) in [5.41, 5.74) is 1.31. The first-order valence-corrected chi connectivity index (χ1v) is 5.66. The van der Waals surface area contributed by atoms with Crippen LogP contribution in [0.25, 0.3) is 0 Å². The van der Waals surface area contributed by atoms with Gasteiger partial charge in [-0.25, -0.2) is 0 Å². The normalized spacial score (nSPS) is 14.9. The fraction of sp³-hybridized carbons (Fsp3) is 0.538. The highest BCUT2D eigenvalue weighted by Gasteiger charge is 2.08. The molecule has 0 saturated carbocycles. The van der Waals surface area contributed by atoms with Gasteiger partial charge in [0.25, 0.3) is 0 Å². The molecule has 2 atom stereocenters. The Kier molecular flexibility index (Phi) is 5.37. The number of rotatable bonds is 6. The molecule has 0 aliphatic carbocycles. The Hall–Kier alpha value is -0.860. The Bertz CT molecular complexity index is 260. The lowest BCUT2D eigenvalue weighted by atomic mass is 10.1. The summed E-state index contributed by atoms with van der Waals surface area (Å²) in [7, 11) is 0. The van der Waals surface area contributed by atoms with Crippen molar-refractivity contribution in [1.29, 1.82) is 0 Å². The average Bonchev–Trinajstić information content (AvgIpc) is 2.27. The van der Waals surface area contributed by atoms with Crippen LogP contribution >= 0.6 is 0 Å². The third-order valence-electron chi connectivity index (χ3n) is 2.63. The molecule has 2 nitrogen and oxygen atoms in total. The highest BCUT2D eigenvalue weighted by atomic mass is 16.2. The van der Waals surface area contributed by atoms with E-state index in [1.165, 1.54) is 5.56 Å². The first kappa shape index (κ1) is 12.2. The maximum Gasteiger partial charge on any atom is 0.0431 e. The molecule has 0 saturated heterocycles. The molecular weight excluding hydrogens is 186 g/mol. The van der Waals surface area contributed by atoms with Crippen molar-refractivity contribution in [3.63, 3.8) is 0 Å². The number of hydrogen-bond acceptors (Lipinski definition) is 2. The second-order valence-electron chi connectivity index (χ2n) is 4.07. The van der Waals surface area contributed by atoms with Gasteiger partial charge < -0.3 is 10.4 Å². The summed E-state index contributed by atoms with van der Waals surface area (Å²) in [4.78, 5) is 0. The van der Waals surface area contributed by atoms with Gasteiger partial charge in [-0.15, -0.1) is 0 Å². The van der Waals surface area contributed by atoms with Gasteiger partial charge in [-0.05, 0) is 32.3 Å². The number of benzene rings is 1. The zero-order valence-corrected chi connectivity index (χ0v) is 9.61. The summed E-state index contributed by atoms with van der Waals surface area (Å²) < 4.78 is 0. The predicted molar refractivity (Wildman–Crippen MR) is 63.8 cm³/mol. The lowest BCUT2D eigenvalue weighted by Crippen LogP contribution is -2.29. The van der Waals surface area contributed by atoms with E-state index in [4.69, 9.17) is 5.11 Å². The molecule has 0 aliphatic heterocycles. The minimum absolute atomic E-state index is 0.283. The van der Waals surface area contributed by atoms with Crippen LogP contribution in [0.4, 0.5) is 0 Å². The third kappa shape index (κ3) is 4.45. The van der Waals surface area contributed by atoms with Gasteiger partial charge in [-0.2, -0.15) is 0 Å². The van der Waals surface area contributed by atoms with Crippen LogP contribution in [0.15, 0.2) is 30.3 Å². The monoisotopic (exact) mass is 207 g/mol. The summed E-state index contributed by atoms with van der Waals surface area (Å²) in [5, 5.41) is 12.3. The molecule has 2 heteroatoms. The van der Waals surface area contributed by atoms with Crippen LogP contribution in [-0.4, -0.2) is 17.8 Å². The van der Waals surface area contributed by atoms with Gasteiger partial charge in [0.2, 0.25) is 0 Å². The van der Waals surface area contributed by atoms with E-state index >= 15 is 0 Å². The third-order valence-corrected chi connectivity index (χ3v) is 2.63. The first-order chi connectivity index (χ1) is 7.24. The van der Waals surface area contributed by atoms with Crippen LogP contribution in [0.2, 0.25) is 0 Å². The zero-order valence-electron chi connectivity index (χ0n) is 9.61. The number of aliphatic hydroxyl groups excluding tert-OH is 1. The summed E-state index contributed by atoms with van der Waals surface area (Å²) >= 11 is 0. The van der Waals surface area contributed by atoms with E-state index in [0.717, 1.165) is 12.8 Å². The Morgan fingerprint density at radius 2 is 1.87 bits per heavy atom. The molecule has 0 aliphatic rings. The molecule has 0 fully saturated rings. The van der Waals surface area contributed by atoms with Gasteiger partial charge in [0.05, 0.1) is 0 Å². The van der Waals surface area contributed by atoms with Crippen molar-refractivity contribution in [1.82, 2.24) is 5.32 Å². The SMILES string of the molecule is C[C@@H](CCCO)N[C@H](C)c1ccccc1. The van der Waals surface area contributed by atoms with E-state index < -0.39 is 0 Å². The number of nitrogens with one attached hydrogen (secondary N) is 1. The predicted octanol–water partition coefficient (Wildman–Crippen LogP) is 2.50. The van der Waals surface area contributed by atoms with Crippen molar-refractivity contribution in [3.05, 3.63) is 35.9 Å². The number of aliphatic hydroxyl groups is 1. The van der Waals surface area contributed by atoms with Crippen LogP contribution in [0.3, 0.4) is 0 Å². The highest BCUT2D eigenvalue weighted by Crippen LogP contribution is 2.12. The molecule has 0 amide bonds. The minimum Gasteiger partial charge on any atom is -0.396 e. The highest BCUT2D eigenvalue weighted by molar-refractivity contribution is 5.18. The van der Waals surface area contributed by atoms with Gasteiger partial charge in [-0.3, -0.25) is 0 Å². The summed E-state index contributed by atoms with van der Waals surface area (Å²) in [5.74, 6) is 0. The van der Waals surface area contributed by atoms with Crippen molar-refractivity contribution < 1.29 is 5.11 Å². The van der Waals surface area contributed by atoms with Gasteiger partial charge >= 0.3 is 0 Å². The van der Waals surface area contributed by atoms with Gasteiger partial charge in [0.15, 0.2) is 0 Å². The van der Waals surface area contributed by atoms with Crippen LogP contribution < -0.4 is 5.32 Å². The largest absolute Gasteiger partial charge is 0.396 e. The van der Waals surface area contributed by atoms with E-state index in [-0.39, 0.29) is 6.61 Å². The van der Waals surface area contributed by atoms with E-state index in [1.807, 2.05) is 6.07 Å². The molecule has 0 heterocycles. The van der Waals surface area contributed by atoms with Crippen LogP contribution in [0.5, 0.6) is 0 Å². The van der Waals surface area contributed by atoms with Crippen LogP contribution in [0, 0.1) is 0 Å². The van der Waals surface area contributed by atoms with Gasteiger partial charge in [-0.1, -0.05) is 30.3 Å². The minimum atomic E-state index is 0.283. The lowest BCUT2D eigenvalue weighted by molar-refractivity contribution is 0.274. The van der Waals surface area contributed by atoms with Crippen LogP contribution in [0.1, 0.15) is 38.3 Å². The molecule has 0 aromatic heterocycles. The first-order valence-electron chi connectivity index (χ1n) is 5.66. The average molecular weight is 207 g/mol. The molecule has 15 heavy (non-hydrogen) atoms. The molecule has 0 bridgehead atoms. The Morgan fingerprint density at radius 1 is 1.20 bits per heavy atom. The molecular formula is C13H21NO. The van der Waals surface area contributed by atoms with Crippen molar-refractivity contribution in [3.8, 4) is 0 Å². The van der Waals surface area contributed by atoms with Crippen molar-refractivity contribution >= 4 is 0 Å². The van der Waals surface area contributed by atoms with Crippen molar-refractivity contribution in [2.45, 2.75) is 38.8 Å². The Balaban J connectivity index is 2.38. The molecule has 84 valence electrons. The maximum atomic E-state index is 8.74. The zero-order chi connectivity index (χ0) is 11.1. The van der Waals surface area contributed by atoms with E-state index in [9.17, 15) is 0 Å². The van der Waals surface area contributed by atoms with Crippen molar-refractivity contribution in [2.75, 3.05) is 6.61 Å². The topological polar surface area (TPSA) is 32.3 Å². The fourth-order valence-corrected chi connectivity index (χ4v) is 1.75. The molecule has 0 spiro atoms. The van der Waals surface area contributed by atoms with E-state index in [2.05, 4.69) is 43.4 Å². The standard InChI is InChI=1S/C13H21NO/c1-11(7-6-10-15)14-12(2)13-8-4-3-5-9-13/h3-5,8-9,11-12,14-15H,6-7,10H2,1-2H3/t11-,12+/m0/s1.